The summed E-state index contributed by atoms with van der Waals surface area (Å²) in [5, 5.41) is 0. The van der Waals surface area contributed by atoms with Crippen molar-refractivity contribution < 1.29 is 9.53 Å². The SMILES string of the molecule is Cc1nccc(OC2CCN(C(=O)c3ccc(Cn4ccnc4)cc3)CC2)n1. The second-order valence-electron chi connectivity index (χ2n) is 6.98. The smallest absolute Gasteiger partial charge is 0.253 e. The Hall–Kier alpha value is -3.22. The number of benzene rings is 1. The molecular formula is C21H23N5O2. The first-order valence-corrected chi connectivity index (χ1v) is 9.47. The van der Waals surface area contributed by atoms with Gasteiger partial charge in [0.2, 0.25) is 5.88 Å². The minimum absolute atomic E-state index is 0.0745. The highest BCUT2D eigenvalue weighted by Crippen LogP contribution is 2.19. The van der Waals surface area contributed by atoms with Crippen molar-refractivity contribution in [3.8, 4) is 5.88 Å². The fraction of sp³-hybridized carbons (Fsp3) is 0.333. The van der Waals surface area contributed by atoms with E-state index in [1.807, 2.05) is 46.9 Å². The molecule has 0 aliphatic carbocycles. The monoisotopic (exact) mass is 377 g/mol. The molecular weight excluding hydrogens is 354 g/mol. The fourth-order valence-corrected chi connectivity index (χ4v) is 3.37. The Kier molecular flexibility index (Phi) is 5.32. The molecule has 0 radical (unpaired) electrons. The van der Waals surface area contributed by atoms with Crippen LogP contribution in [0.25, 0.3) is 0 Å². The number of ether oxygens (including phenoxy) is 1. The van der Waals surface area contributed by atoms with Crippen LogP contribution >= 0.6 is 0 Å². The van der Waals surface area contributed by atoms with Gasteiger partial charge in [0, 0.05) is 62.7 Å². The molecule has 0 bridgehead atoms. The number of aromatic nitrogens is 4. The van der Waals surface area contributed by atoms with Crippen molar-refractivity contribution in [2.75, 3.05) is 13.1 Å². The number of hydrogen-bond acceptors (Lipinski definition) is 5. The van der Waals surface area contributed by atoms with Crippen LogP contribution in [0.3, 0.4) is 0 Å². The van der Waals surface area contributed by atoms with E-state index in [1.54, 1.807) is 24.8 Å². The predicted molar refractivity (Wildman–Crippen MR) is 104 cm³/mol. The molecule has 28 heavy (non-hydrogen) atoms. The second kappa shape index (κ2) is 8.21. The van der Waals surface area contributed by atoms with Crippen LogP contribution in [0.4, 0.5) is 0 Å². The topological polar surface area (TPSA) is 73.1 Å². The minimum Gasteiger partial charge on any atom is -0.474 e. The van der Waals surface area contributed by atoms with Crippen LogP contribution in [0, 0.1) is 6.92 Å². The number of carbonyl (C=O) groups is 1. The molecule has 7 nitrogen and oxygen atoms in total. The van der Waals surface area contributed by atoms with Gasteiger partial charge in [-0.2, -0.15) is 4.98 Å². The molecule has 1 aliphatic rings. The van der Waals surface area contributed by atoms with E-state index >= 15 is 0 Å². The number of nitrogens with zero attached hydrogens (tertiary/aromatic N) is 5. The summed E-state index contributed by atoms with van der Waals surface area (Å²) in [6.45, 7) is 3.96. The molecule has 0 N–H and O–H groups in total. The zero-order valence-electron chi connectivity index (χ0n) is 15.9. The van der Waals surface area contributed by atoms with Gasteiger partial charge in [0.1, 0.15) is 11.9 Å². The van der Waals surface area contributed by atoms with Gasteiger partial charge >= 0.3 is 0 Å². The molecule has 0 atom stereocenters. The lowest BCUT2D eigenvalue weighted by molar-refractivity contribution is 0.0587. The highest BCUT2D eigenvalue weighted by molar-refractivity contribution is 5.94. The molecule has 144 valence electrons. The predicted octanol–water partition coefficient (Wildman–Crippen LogP) is 2.71. The molecule has 0 saturated carbocycles. The Bertz CT molecular complexity index is 916. The number of piperidine rings is 1. The first-order chi connectivity index (χ1) is 13.7. The van der Waals surface area contributed by atoms with Gasteiger partial charge in [-0.15, -0.1) is 0 Å². The van der Waals surface area contributed by atoms with Gasteiger partial charge in [-0.05, 0) is 24.6 Å². The number of carbonyl (C=O) groups excluding carboxylic acids is 1. The van der Waals surface area contributed by atoms with Crippen molar-refractivity contribution in [1.29, 1.82) is 0 Å². The normalized spacial score (nSPS) is 14.8. The molecule has 1 saturated heterocycles. The van der Waals surface area contributed by atoms with Crippen LogP contribution in [0.15, 0.2) is 55.2 Å². The first kappa shape index (κ1) is 18.2. The van der Waals surface area contributed by atoms with Crippen LogP contribution in [0.2, 0.25) is 0 Å². The second-order valence-corrected chi connectivity index (χ2v) is 6.98. The first-order valence-electron chi connectivity index (χ1n) is 9.47. The number of rotatable bonds is 5. The van der Waals surface area contributed by atoms with Crippen LogP contribution in [-0.2, 0) is 6.54 Å². The lowest BCUT2D eigenvalue weighted by atomic mass is 10.1. The van der Waals surface area contributed by atoms with Crippen molar-refractivity contribution in [3.05, 3.63) is 72.2 Å². The Morgan fingerprint density at radius 2 is 1.93 bits per heavy atom. The maximum atomic E-state index is 12.8. The molecule has 0 spiro atoms. The quantitative estimate of drug-likeness (QED) is 0.684. The third-order valence-electron chi connectivity index (χ3n) is 4.89. The van der Waals surface area contributed by atoms with E-state index in [-0.39, 0.29) is 12.0 Å². The number of aryl methyl sites for hydroxylation is 1. The summed E-state index contributed by atoms with van der Waals surface area (Å²) >= 11 is 0. The third-order valence-corrected chi connectivity index (χ3v) is 4.89. The Labute approximate surface area is 164 Å². The standard InChI is InChI=1S/C21H23N5O2/c1-16-23-9-6-20(24-16)28-19-7-11-26(12-8-19)21(27)18-4-2-17(3-5-18)14-25-13-10-22-15-25/h2-6,9-10,13,15,19H,7-8,11-12,14H2,1H3. The van der Waals surface area contributed by atoms with Gasteiger partial charge in [0.15, 0.2) is 0 Å². The van der Waals surface area contributed by atoms with E-state index in [4.69, 9.17) is 4.74 Å². The molecule has 1 aliphatic heterocycles. The van der Waals surface area contributed by atoms with Crippen molar-refractivity contribution in [2.24, 2.45) is 0 Å². The third kappa shape index (κ3) is 4.36. The zero-order chi connectivity index (χ0) is 19.3. The maximum Gasteiger partial charge on any atom is 0.253 e. The van der Waals surface area contributed by atoms with E-state index in [1.165, 1.54) is 0 Å². The summed E-state index contributed by atoms with van der Waals surface area (Å²) in [4.78, 5) is 27.1. The summed E-state index contributed by atoms with van der Waals surface area (Å²) in [6.07, 6.45) is 8.85. The van der Waals surface area contributed by atoms with E-state index in [9.17, 15) is 4.79 Å². The van der Waals surface area contributed by atoms with E-state index in [2.05, 4.69) is 15.0 Å². The molecule has 1 aromatic carbocycles. The average Bonchev–Trinajstić information content (AvgIpc) is 3.22. The summed E-state index contributed by atoms with van der Waals surface area (Å²) in [7, 11) is 0. The molecule has 4 rings (SSSR count). The van der Waals surface area contributed by atoms with Crippen LogP contribution in [-0.4, -0.2) is 49.5 Å². The van der Waals surface area contributed by atoms with E-state index < -0.39 is 0 Å². The van der Waals surface area contributed by atoms with Crippen LogP contribution < -0.4 is 4.74 Å². The Balaban J connectivity index is 1.31. The zero-order valence-corrected chi connectivity index (χ0v) is 15.9. The fourth-order valence-electron chi connectivity index (χ4n) is 3.37. The van der Waals surface area contributed by atoms with Gasteiger partial charge in [-0.25, -0.2) is 9.97 Å². The summed E-state index contributed by atoms with van der Waals surface area (Å²) in [5.74, 6) is 1.37. The molecule has 0 unspecified atom stereocenters. The maximum absolute atomic E-state index is 12.8. The van der Waals surface area contributed by atoms with E-state index in [0.29, 0.717) is 24.8 Å². The molecule has 3 heterocycles. The Morgan fingerprint density at radius 3 is 2.61 bits per heavy atom. The molecule has 1 fully saturated rings. The van der Waals surface area contributed by atoms with Gasteiger partial charge in [-0.1, -0.05) is 12.1 Å². The summed E-state index contributed by atoms with van der Waals surface area (Å²) in [6, 6.07) is 9.58. The molecule has 7 heteroatoms. The van der Waals surface area contributed by atoms with Gasteiger partial charge in [0.25, 0.3) is 5.91 Å². The minimum atomic E-state index is 0.0745. The number of hydrogen-bond donors (Lipinski definition) is 0. The van der Waals surface area contributed by atoms with Crippen LogP contribution in [0.1, 0.15) is 34.6 Å². The largest absolute Gasteiger partial charge is 0.474 e. The Morgan fingerprint density at radius 1 is 1.14 bits per heavy atom. The number of amides is 1. The average molecular weight is 377 g/mol. The lowest BCUT2D eigenvalue weighted by Gasteiger charge is -2.32. The summed E-state index contributed by atoms with van der Waals surface area (Å²) < 4.78 is 7.94. The summed E-state index contributed by atoms with van der Waals surface area (Å²) in [5.41, 5.74) is 1.86. The van der Waals surface area contributed by atoms with E-state index in [0.717, 1.165) is 30.5 Å². The van der Waals surface area contributed by atoms with Crippen molar-refractivity contribution in [3.63, 3.8) is 0 Å². The van der Waals surface area contributed by atoms with Gasteiger partial charge in [-0.3, -0.25) is 4.79 Å². The molecule has 1 amide bonds. The molecule has 2 aromatic heterocycles. The number of imidazole rings is 1. The van der Waals surface area contributed by atoms with Gasteiger partial charge < -0.3 is 14.2 Å². The highest BCUT2D eigenvalue weighted by atomic mass is 16.5. The van der Waals surface area contributed by atoms with Crippen molar-refractivity contribution in [2.45, 2.75) is 32.4 Å². The highest BCUT2D eigenvalue weighted by Gasteiger charge is 2.25. The molecule has 3 aromatic rings. The lowest BCUT2D eigenvalue weighted by Crippen LogP contribution is -2.41. The van der Waals surface area contributed by atoms with Gasteiger partial charge in [0.05, 0.1) is 6.33 Å². The van der Waals surface area contributed by atoms with Crippen molar-refractivity contribution >= 4 is 5.91 Å². The van der Waals surface area contributed by atoms with Crippen molar-refractivity contribution in [1.82, 2.24) is 24.4 Å². The number of likely N-dealkylation sites (tertiary alicyclic amines) is 1. The van der Waals surface area contributed by atoms with Crippen LogP contribution in [0.5, 0.6) is 5.88 Å².